The Morgan fingerprint density at radius 1 is 1.40 bits per heavy atom. The van der Waals surface area contributed by atoms with Gasteiger partial charge in [-0.3, -0.25) is 0 Å². The molecule has 0 spiro atoms. The minimum absolute atomic E-state index is 0.307. The molecular weight excluding hydrogens is 195 g/mol. The molecule has 0 radical (unpaired) electrons. The average Bonchev–Trinajstić information content (AvgIpc) is 2.78. The van der Waals surface area contributed by atoms with E-state index >= 15 is 0 Å². The minimum Gasteiger partial charge on any atom is -0.405 e. The first-order chi connectivity index (χ1) is 7.31. The maximum atomic E-state index is 9.37. The van der Waals surface area contributed by atoms with E-state index in [0.717, 1.165) is 5.46 Å². The second-order valence-electron chi connectivity index (χ2n) is 3.50. The number of hydrogen-bond donors (Lipinski definition) is 2. The summed E-state index contributed by atoms with van der Waals surface area (Å²) in [5.41, 5.74) is 0.921. The smallest absolute Gasteiger partial charge is 0.405 e. The monoisotopic (exact) mass is 208 g/mol. The van der Waals surface area contributed by atoms with E-state index in [-0.39, 0.29) is 6.61 Å². The van der Waals surface area contributed by atoms with Crippen molar-refractivity contribution in [2.75, 3.05) is 13.2 Å². The zero-order valence-electron chi connectivity index (χ0n) is 8.24. The van der Waals surface area contributed by atoms with E-state index in [1.54, 1.807) is 0 Å². The Bertz CT molecular complexity index is 306. The molecule has 0 saturated carbocycles. The Morgan fingerprint density at radius 2 is 2.13 bits per heavy atom. The fraction of sp³-hybridized carbons (Fsp3) is 0.400. The fourth-order valence-corrected chi connectivity index (χ4v) is 1.52. The molecule has 4 nitrogen and oxygen atoms in total. The third kappa shape index (κ3) is 2.38. The highest BCUT2D eigenvalue weighted by Crippen LogP contribution is 2.11. The van der Waals surface area contributed by atoms with Gasteiger partial charge in [0.15, 0.2) is 0 Å². The average molecular weight is 208 g/mol. The van der Waals surface area contributed by atoms with Gasteiger partial charge in [0.1, 0.15) is 6.10 Å². The highest BCUT2D eigenvalue weighted by molar-refractivity contribution is 6.61. The molecule has 1 aromatic carbocycles. The van der Waals surface area contributed by atoms with Gasteiger partial charge in [0.05, 0.1) is 19.3 Å². The summed E-state index contributed by atoms with van der Waals surface area (Å²) in [6.07, 6.45) is -1.32. The first-order valence-electron chi connectivity index (χ1n) is 4.92. The molecule has 2 atom stereocenters. The summed E-state index contributed by atoms with van der Waals surface area (Å²) in [6, 6.07) is 9.52. The van der Waals surface area contributed by atoms with Crippen LogP contribution in [-0.4, -0.2) is 42.8 Å². The van der Waals surface area contributed by atoms with Crippen molar-refractivity contribution >= 4 is 12.6 Å². The van der Waals surface area contributed by atoms with Crippen LogP contribution in [0.5, 0.6) is 0 Å². The van der Waals surface area contributed by atoms with E-state index in [1.807, 2.05) is 30.3 Å². The Kier molecular flexibility index (Phi) is 3.38. The third-order valence-corrected chi connectivity index (χ3v) is 2.40. The fourth-order valence-electron chi connectivity index (χ4n) is 1.52. The normalized spacial score (nSPS) is 23.1. The van der Waals surface area contributed by atoms with Crippen LogP contribution in [0.4, 0.5) is 0 Å². The number of hydrogen-bond acceptors (Lipinski definition) is 4. The van der Waals surface area contributed by atoms with Gasteiger partial charge in [0.25, 0.3) is 0 Å². The summed E-state index contributed by atoms with van der Waals surface area (Å²) in [5, 5.41) is 18.1. The lowest BCUT2D eigenvalue weighted by Gasteiger charge is -2.14. The predicted molar refractivity (Wildman–Crippen MR) is 55.7 cm³/mol. The molecule has 0 aromatic heterocycles. The summed E-state index contributed by atoms with van der Waals surface area (Å²) in [5.74, 6) is 0. The quantitative estimate of drug-likeness (QED) is 0.635. The largest absolute Gasteiger partial charge is 0.494 e. The molecule has 0 aliphatic carbocycles. The van der Waals surface area contributed by atoms with Crippen molar-refractivity contribution in [2.45, 2.75) is 12.2 Å². The molecule has 2 rings (SSSR count). The van der Waals surface area contributed by atoms with Gasteiger partial charge in [0.2, 0.25) is 0 Å². The van der Waals surface area contributed by atoms with Crippen molar-refractivity contribution < 1.29 is 19.5 Å². The summed E-state index contributed by atoms with van der Waals surface area (Å²) < 4.78 is 10.8. The topological polar surface area (TPSA) is 58.9 Å². The Labute approximate surface area is 88.6 Å². The first-order valence-corrected chi connectivity index (χ1v) is 4.92. The Morgan fingerprint density at radius 3 is 2.80 bits per heavy atom. The lowest BCUT2D eigenvalue weighted by Crippen LogP contribution is -2.36. The van der Waals surface area contributed by atoms with Crippen LogP contribution in [-0.2, 0) is 9.31 Å². The zero-order valence-corrected chi connectivity index (χ0v) is 8.24. The third-order valence-electron chi connectivity index (χ3n) is 2.40. The molecular formula is C10H13BO4. The Hall–Kier alpha value is -0.875. The lowest BCUT2D eigenvalue weighted by atomic mass is 9.79. The standard InChI is InChI=1S/C10H13BO4/c12-6-9(13)10-7-14-11(15-10)8-4-2-1-3-5-8/h1-5,9-10,12-13H,6-7H2. The van der Waals surface area contributed by atoms with Crippen LogP contribution >= 0.6 is 0 Å². The van der Waals surface area contributed by atoms with Crippen LogP contribution in [0.15, 0.2) is 30.3 Å². The van der Waals surface area contributed by atoms with Gasteiger partial charge in [-0.1, -0.05) is 30.3 Å². The van der Waals surface area contributed by atoms with Gasteiger partial charge in [0, 0.05) is 0 Å². The van der Waals surface area contributed by atoms with E-state index in [2.05, 4.69) is 0 Å². The van der Waals surface area contributed by atoms with E-state index < -0.39 is 19.3 Å². The molecule has 1 aliphatic heterocycles. The molecule has 1 aromatic rings. The van der Waals surface area contributed by atoms with Crippen LogP contribution < -0.4 is 5.46 Å². The summed E-state index contributed by atoms with van der Waals surface area (Å²) in [4.78, 5) is 0. The molecule has 5 heteroatoms. The number of aliphatic hydroxyl groups excluding tert-OH is 2. The van der Waals surface area contributed by atoms with Gasteiger partial charge < -0.3 is 19.5 Å². The van der Waals surface area contributed by atoms with Crippen molar-refractivity contribution in [2.24, 2.45) is 0 Å². The predicted octanol–water partition coefficient (Wildman–Crippen LogP) is -0.850. The van der Waals surface area contributed by atoms with Crippen molar-refractivity contribution in [3.8, 4) is 0 Å². The SMILES string of the molecule is OCC(O)C1COB(c2ccccc2)O1. The van der Waals surface area contributed by atoms with Crippen molar-refractivity contribution in [1.82, 2.24) is 0 Å². The van der Waals surface area contributed by atoms with Gasteiger partial charge in [-0.25, -0.2) is 0 Å². The van der Waals surface area contributed by atoms with E-state index in [9.17, 15) is 5.11 Å². The van der Waals surface area contributed by atoms with Gasteiger partial charge in [-0.15, -0.1) is 0 Å². The van der Waals surface area contributed by atoms with Gasteiger partial charge in [-0.05, 0) is 5.46 Å². The number of aliphatic hydroxyl groups is 2. The molecule has 0 amide bonds. The highest BCUT2D eigenvalue weighted by atomic mass is 16.6. The maximum Gasteiger partial charge on any atom is 0.494 e. The maximum absolute atomic E-state index is 9.37. The van der Waals surface area contributed by atoms with Crippen LogP contribution in [0.2, 0.25) is 0 Å². The molecule has 2 unspecified atom stereocenters. The highest BCUT2D eigenvalue weighted by Gasteiger charge is 2.36. The van der Waals surface area contributed by atoms with Gasteiger partial charge >= 0.3 is 7.12 Å². The molecule has 1 aliphatic rings. The van der Waals surface area contributed by atoms with Gasteiger partial charge in [-0.2, -0.15) is 0 Å². The summed E-state index contributed by atoms with van der Waals surface area (Å²) >= 11 is 0. The zero-order chi connectivity index (χ0) is 10.7. The van der Waals surface area contributed by atoms with Crippen molar-refractivity contribution in [3.63, 3.8) is 0 Å². The Balaban J connectivity index is 1.99. The number of benzene rings is 1. The molecule has 15 heavy (non-hydrogen) atoms. The molecule has 80 valence electrons. The summed E-state index contributed by atoms with van der Waals surface area (Å²) in [6.45, 7) is -0.00315. The molecule has 1 heterocycles. The van der Waals surface area contributed by atoms with E-state index in [4.69, 9.17) is 14.4 Å². The molecule has 1 saturated heterocycles. The molecule has 2 N–H and O–H groups in total. The lowest BCUT2D eigenvalue weighted by molar-refractivity contribution is 0.00824. The minimum atomic E-state index is -0.876. The van der Waals surface area contributed by atoms with E-state index in [1.165, 1.54) is 0 Å². The van der Waals surface area contributed by atoms with Crippen LogP contribution in [0.3, 0.4) is 0 Å². The van der Waals surface area contributed by atoms with Crippen LogP contribution in [0.25, 0.3) is 0 Å². The van der Waals surface area contributed by atoms with E-state index in [0.29, 0.717) is 6.61 Å². The first kappa shape index (κ1) is 10.6. The summed E-state index contributed by atoms with van der Waals surface area (Å²) in [7, 11) is -0.433. The number of rotatable bonds is 3. The van der Waals surface area contributed by atoms with Crippen LogP contribution in [0.1, 0.15) is 0 Å². The van der Waals surface area contributed by atoms with Crippen molar-refractivity contribution in [1.29, 1.82) is 0 Å². The van der Waals surface area contributed by atoms with Crippen molar-refractivity contribution in [3.05, 3.63) is 30.3 Å². The molecule has 1 fully saturated rings. The second kappa shape index (κ2) is 4.76. The second-order valence-corrected chi connectivity index (χ2v) is 3.50. The molecule has 0 bridgehead atoms. The van der Waals surface area contributed by atoms with Crippen LogP contribution in [0, 0.1) is 0 Å².